The molecule has 0 fully saturated rings. The number of benzene rings is 1. The van der Waals surface area contributed by atoms with Gasteiger partial charge in [0.05, 0.1) is 11.6 Å². The molecule has 0 aliphatic carbocycles. The van der Waals surface area contributed by atoms with Crippen LogP contribution in [0.1, 0.15) is 30.9 Å². The molecule has 1 rings (SSSR count). The van der Waals surface area contributed by atoms with Gasteiger partial charge in [-0.3, -0.25) is 0 Å². The van der Waals surface area contributed by atoms with Gasteiger partial charge in [-0.1, -0.05) is 12.1 Å². The number of amides is 2. The predicted octanol–water partition coefficient (Wildman–Crippen LogP) is 1.86. The average Bonchev–Trinajstić information content (AvgIpc) is 2.45. The number of aliphatic hydroxyl groups excluding tert-OH is 1. The number of nitrogens with one attached hydrogen (secondary N) is 1. The van der Waals surface area contributed by atoms with E-state index in [1.807, 2.05) is 19.1 Å². The van der Waals surface area contributed by atoms with E-state index in [0.29, 0.717) is 18.5 Å². The van der Waals surface area contributed by atoms with Gasteiger partial charge in [-0.25, -0.2) is 4.79 Å². The van der Waals surface area contributed by atoms with Gasteiger partial charge in [0.2, 0.25) is 0 Å². The Kier molecular flexibility index (Phi) is 6.54. The Morgan fingerprint density at radius 1 is 1.55 bits per heavy atom. The maximum Gasteiger partial charge on any atom is 0.317 e. The molecule has 5 nitrogen and oxygen atoms in total. The number of urea groups is 1. The highest BCUT2D eigenvalue weighted by Crippen LogP contribution is 2.07. The Balaban J connectivity index is 2.51. The van der Waals surface area contributed by atoms with Crippen LogP contribution in [-0.4, -0.2) is 35.7 Å². The standard InChI is InChI=1S/C15H21N3O2/c1-12(5-4-8-19)17-15(20)18(2)11-14-7-3-6-13(9-14)10-16/h3,6-7,9,12,19H,4-5,8,11H2,1-2H3,(H,17,20). The SMILES string of the molecule is CC(CCCO)NC(=O)N(C)Cc1cccc(C#N)c1. The van der Waals surface area contributed by atoms with Crippen LogP contribution in [0.4, 0.5) is 4.79 Å². The fraction of sp³-hybridized carbons (Fsp3) is 0.467. The van der Waals surface area contributed by atoms with Gasteiger partial charge in [0.15, 0.2) is 0 Å². The number of hydrogen-bond donors (Lipinski definition) is 2. The summed E-state index contributed by atoms with van der Waals surface area (Å²) in [6, 6.07) is 9.17. The van der Waals surface area contributed by atoms with Crippen molar-refractivity contribution in [3.05, 3.63) is 35.4 Å². The van der Waals surface area contributed by atoms with Crippen LogP contribution in [0.15, 0.2) is 24.3 Å². The van der Waals surface area contributed by atoms with Crippen molar-refractivity contribution in [1.82, 2.24) is 10.2 Å². The molecule has 1 unspecified atom stereocenters. The van der Waals surface area contributed by atoms with E-state index in [4.69, 9.17) is 10.4 Å². The average molecular weight is 275 g/mol. The lowest BCUT2D eigenvalue weighted by atomic mass is 10.1. The van der Waals surface area contributed by atoms with Crippen molar-refractivity contribution in [3.8, 4) is 6.07 Å². The Labute approximate surface area is 119 Å². The molecule has 0 bridgehead atoms. The van der Waals surface area contributed by atoms with E-state index in [2.05, 4.69) is 11.4 Å². The minimum absolute atomic E-state index is 0.0301. The zero-order valence-electron chi connectivity index (χ0n) is 12.0. The van der Waals surface area contributed by atoms with E-state index in [1.165, 1.54) is 0 Å². The second-order valence-electron chi connectivity index (χ2n) is 4.88. The molecule has 20 heavy (non-hydrogen) atoms. The summed E-state index contributed by atoms with van der Waals surface area (Å²) in [6.45, 7) is 2.50. The van der Waals surface area contributed by atoms with E-state index in [0.717, 1.165) is 12.0 Å². The Bertz CT molecular complexity index is 482. The number of aliphatic hydroxyl groups is 1. The minimum Gasteiger partial charge on any atom is -0.396 e. The number of rotatable bonds is 6. The smallest absolute Gasteiger partial charge is 0.317 e. The van der Waals surface area contributed by atoms with Crippen molar-refractivity contribution < 1.29 is 9.90 Å². The van der Waals surface area contributed by atoms with E-state index in [-0.39, 0.29) is 18.7 Å². The minimum atomic E-state index is -0.155. The molecule has 0 saturated heterocycles. The summed E-state index contributed by atoms with van der Waals surface area (Å²) in [7, 11) is 1.72. The maximum absolute atomic E-state index is 12.0. The maximum atomic E-state index is 12.0. The molecule has 0 aliphatic rings. The lowest BCUT2D eigenvalue weighted by molar-refractivity contribution is 0.201. The largest absolute Gasteiger partial charge is 0.396 e. The fourth-order valence-electron chi connectivity index (χ4n) is 1.88. The molecule has 0 spiro atoms. The summed E-state index contributed by atoms with van der Waals surface area (Å²) in [5.41, 5.74) is 1.51. The van der Waals surface area contributed by atoms with Crippen LogP contribution >= 0.6 is 0 Å². The molecule has 2 amide bonds. The lowest BCUT2D eigenvalue weighted by Crippen LogP contribution is -2.41. The zero-order chi connectivity index (χ0) is 15.0. The van der Waals surface area contributed by atoms with Gasteiger partial charge >= 0.3 is 6.03 Å². The molecule has 0 saturated carbocycles. The van der Waals surface area contributed by atoms with E-state index in [9.17, 15) is 4.79 Å². The molecular formula is C15H21N3O2. The van der Waals surface area contributed by atoms with Crippen LogP contribution in [0.3, 0.4) is 0 Å². The molecule has 1 aromatic rings. The first kappa shape index (κ1) is 16.0. The van der Waals surface area contributed by atoms with Crippen molar-refractivity contribution in [2.75, 3.05) is 13.7 Å². The highest BCUT2D eigenvalue weighted by atomic mass is 16.3. The number of nitriles is 1. The highest BCUT2D eigenvalue weighted by molar-refractivity contribution is 5.74. The third-order valence-electron chi connectivity index (χ3n) is 2.99. The summed E-state index contributed by atoms with van der Waals surface area (Å²) < 4.78 is 0. The fourth-order valence-corrected chi connectivity index (χ4v) is 1.88. The monoisotopic (exact) mass is 275 g/mol. The van der Waals surface area contributed by atoms with Gasteiger partial charge in [0.1, 0.15) is 0 Å². The molecular weight excluding hydrogens is 254 g/mol. The normalized spacial score (nSPS) is 11.5. The van der Waals surface area contributed by atoms with Crippen LogP contribution in [0.5, 0.6) is 0 Å². The second-order valence-corrected chi connectivity index (χ2v) is 4.88. The summed E-state index contributed by atoms with van der Waals surface area (Å²) in [5, 5.41) is 20.5. The topological polar surface area (TPSA) is 76.4 Å². The Morgan fingerprint density at radius 3 is 2.95 bits per heavy atom. The van der Waals surface area contributed by atoms with Crippen LogP contribution in [-0.2, 0) is 6.54 Å². The molecule has 0 aliphatic heterocycles. The predicted molar refractivity (Wildman–Crippen MR) is 76.9 cm³/mol. The van der Waals surface area contributed by atoms with E-state index < -0.39 is 0 Å². The highest BCUT2D eigenvalue weighted by Gasteiger charge is 2.12. The summed E-state index contributed by atoms with van der Waals surface area (Å²) in [6.07, 6.45) is 1.43. The van der Waals surface area contributed by atoms with Crippen molar-refractivity contribution in [2.24, 2.45) is 0 Å². The molecule has 0 radical (unpaired) electrons. The van der Waals surface area contributed by atoms with Gasteiger partial charge in [0, 0.05) is 26.2 Å². The molecule has 0 aromatic heterocycles. The first-order valence-corrected chi connectivity index (χ1v) is 6.68. The van der Waals surface area contributed by atoms with Crippen LogP contribution < -0.4 is 5.32 Å². The van der Waals surface area contributed by atoms with Gasteiger partial charge < -0.3 is 15.3 Å². The summed E-state index contributed by atoms with van der Waals surface area (Å²) >= 11 is 0. The lowest BCUT2D eigenvalue weighted by Gasteiger charge is -2.21. The van der Waals surface area contributed by atoms with Crippen molar-refractivity contribution >= 4 is 6.03 Å². The van der Waals surface area contributed by atoms with Crippen molar-refractivity contribution in [3.63, 3.8) is 0 Å². The second kappa shape index (κ2) is 8.18. The van der Waals surface area contributed by atoms with Crippen LogP contribution in [0.2, 0.25) is 0 Å². The van der Waals surface area contributed by atoms with Gasteiger partial charge in [-0.05, 0) is 37.5 Å². The molecule has 1 aromatic carbocycles. The summed E-state index contributed by atoms with van der Waals surface area (Å²) in [4.78, 5) is 13.5. The molecule has 108 valence electrons. The molecule has 1 atom stereocenters. The number of carbonyl (C=O) groups is 1. The first-order chi connectivity index (χ1) is 9.56. The van der Waals surface area contributed by atoms with Gasteiger partial charge in [-0.2, -0.15) is 5.26 Å². The van der Waals surface area contributed by atoms with E-state index in [1.54, 1.807) is 24.1 Å². The Hall–Kier alpha value is -2.06. The molecule has 2 N–H and O–H groups in total. The molecule has 0 heterocycles. The number of nitrogens with zero attached hydrogens (tertiary/aromatic N) is 2. The van der Waals surface area contributed by atoms with Crippen molar-refractivity contribution in [2.45, 2.75) is 32.4 Å². The van der Waals surface area contributed by atoms with Gasteiger partial charge in [-0.15, -0.1) is 0 Å². The zero-order valence-corrected chi connectivity index (χ0v) is 12.0. The Morgan fingerprint density at radius 2 is 2.30 bits per heavy atom. The van der Waals surface area contributed by atoms with Crippen molar-refractivity contribution in [1.29, 1.82) is 5.26 Å². The third kappa shape index (κ3) is 5.29. The quantitative estimate of drug-likeness (QED) is 0.832. The summed E-state index contributed by atoms with van der Waals surface area (Å²) in [5.74, 6) is 0. The first-order valence-electron chi connectivity index (χ1n) is 6.68. The van der Waals surface area contributed by atoms with Gasteiger partial charge in [0.25, 0.3) is 0 Å². The van der Waals surface area contributed by atoms with Crippen LogP contribution in [0.25, 0.3) is 0 Å². The number of carbonyl (C=O) groups excluding carboxylic acids is 1. The number of hydrogen-bond acceptors (Lipinski definition) is 3. The van der Waals surface area contributed by atoms with Crippen LogP contribution in [0, 0.1) is 11.3 Å². The molecule has 5 heteroatoms. The van der Waals surface area contributed by atoms with E-state index >= 15 is 0 Å². The third-order valence-corrected chi connectivity index (χ3v) is 2.99.